The molecule has 4 heteroatoms. The molecule has 19 heavy (non-hydrogen) atoms. The van der Waals surface area contributed by atoms with Crippen LogP contribution in [0.1, 0.15) is 16.7 Å². The molecule has 2 aromatic rings. The molecule has 0 atom stereocenters. The normalized spacial score (nSPS) is 10.2. The molecule has 0 radical (unpaired) electrons. The van der Waals surface area contributed by atoms with Gasteiger partial charge in [-0.3, -0.25) is 0 Å². The molecule has 0 saturated carbocycles. The smallest absolute Gasteiger partial charge is 0.126 e. The Morgan fingerprint density at radius 1 is 0.842 bits per heavy atom. The molecule has 2 N–H and O–H groups in total. The summed E-state index contributed by atoms with van der Waals surface area (Å²) in [5.41, 5.74) is 10.2. The maximum absolute atomic E-state index is 13.2. The number of aryl methyl sites for hydroxylation is 2. The number of hydrogen-bond donors (Lipinski definition) is 1. The summed E-state index contributed by atoms with van der Waals surface area (Å²) in [6, 6.07) is 7.35. The fourth-order valence-corrected chi connectivity index (χ4v) is 2.20. The fraction of sp³-hybridized carbons (Fsp3) is 0.200. The van der Waals surface area contributed by atoms with Gasteiger partial charge in [0.2, 0.25) is 0 Å². The zero-order chi connectivity index (χ0) is 13.3. The summed E-state index contributed by atoms with van der Waals surface area (Å²) in [6.45, 7) is 4.37. The Morgan fingerprint density at radius 2 is 1.26 bits per heavy atom. The lowest BCUT2D eigenvalue weighted by atomic mass is 9.95. The quantitative estimate of drug-likeness (QED) is 0.881. The van der Waals surface area contributed by atoms with Crippen molar-refractivity contribution in [2.45, 2.75) is 20.4 Å². The van der Waals surface area contributed by atoms with Gasteiger partial charge in [-0.05, 0) is 53.8 Å². The van der Waals surface area contributed by atoms with E-state index in [1.165, 1.54) is 12.1 Å². The second-order valence-corrected chi connectivity index (χ2v) is 4.45. The van der Waals surface area contributed by atoms with E-state index in [0.717, 1.165) is 28.3 Å². The Bertz CT molecular complexity index is 553. The average Bonchev–Trinajstić information content (AvgIpc) is 2.27. The lowest BCUT2D eigenvalue weighted by Gasteiger charge is -2.11. The number of nitrogens with two attached hydrogens (primary N) is 1. The van der Waals surface area contributed by atoms with Gasteiger partial charge in [-0.25, -0.2) is 8.78 Å². The monoisotopic (exact) mass is 283 g/mol. The van der Waals surface area contributed by atoms with Crippen molar-refractivity contribution in [1.29, 1.82) is 0 Å². The predicted octanol–water partition coefficient (Wildman–Crippen LogP) is 4.13. The van der Waals surface area contributed by atoms with E-state index in [1.54, 1.807) is 0 Å². The van der Waals surface area contributed by atoms with Gasteiger partial charge < -0.3 is 5.73 Å². The van der Waals surface area contributed by atoms with Gasteiger partial charge in [-0.2, -0.15) is 0 Å². The summed E-state index contributed by atoms with van der Waals surface area (Å²) in [4.78, 5) is 0. The molecule has 0 unspecified atom stereocenters. The van der Waals surface area contributed by atoms with Crippen LogP contribution in [-0.4, -0.2) is 0 Å². The zero-order valence-corrected chi connectivity index (χ0v) is 11.7. The van der Waals surface area contributed by atoms with Crippen LogP contribution in [0, 0.1) is 25.5 Å². The van der Waals surface area contributed by atoms with Gasteiger partial charge in [-0.1, -0.05) is 12.1 Å². The van der Waals surface area contributed by atoms with E-state index in [-0.39, 0.29) is 12.4 Å². The summed E-state index contributed by atoms with van der Waals surface area (Å²) < 4.78 is 26.4. The highest BCUT2D eigenvalue weighted by atomic mass is 35.5. The van der Waals surface area contributed by atoms with Crippen LogP contribution in [-0.2, 0) is 6.54 Å². The highest BCUT2D eigenvalue weighted by Gasteiger charge is 2.07. The third-order valence-corrected chi connectivity index (χ3v) is 3.10. The van der Waals surface area contributed by atoms with Gasteiger partial charge >= 0.3 is 0 Å². The maximum atomic E-state index is 13.2. The van der Waals surface area contributed by atoms with Crippen LogP contribution in [0.5, 0.6) is 0 Å². The number of hydrogen-bond acceptors (Lipinski definition) is 1. The van der Waals surface area contributed by atoms with E-state index in [0.29, 0.717) is 12.1 Å². The summed E-state index contributed by atoms with van der Waals surface area (Å²) in [7, 11) is 0. The first-order valence-corrected chi connectivity index (χ1v) is 5.78. The fourth-order valence-electron chi connectivity index (χ4n) is 2.20. The standard InChI is InChI=1S/C15H15F2N.ClH/c1-9-3-11(4-10(2)15(9)8-18)12-5-13(16)7-14(17)6-12;/h3-7H,8,18H2,1-2H3;1H. The molecule has 0 amide bonds. The first-order valence-electron chi connectivity index (χ1n) is 5.78. The predicted molar refractivity (Wildman–Crippen MR) is 76.4 cm³/mol. The number of benzene rings is 2. The highest BCUT2D eigenvalue weighted by molar-refractivity contribution is 5.85. The number of rotatable bonds is 2. The summed E-state index contributed by atoms with van der Waals surface area (Å²) in [5.74, 6) is -1.13. The minimum absolute atomic E-state index is 0. The van der Waals surface area contributed by atoms with Crippen LogP contribution in [0.4, 0.5) is 8.78 Å². The summed E-state index contributed by atoms with van der Waals surface area (Å²) >= 11 is 0. The molecule has 0 fully saturated rings. The Balaban J connectivity index is 0.00000180. The lowest BCUT2D eigenvalue weighted by molar-refractivity contribution is 0.584. The largest absolute Gasteiger partial charge is 0.326 e. The molecule has 0 spiro atoms. The summed E-state index contributed by atoms with van der Waals surface area (Å²) in [6.07, 6.45) is 0. The molecule has 0 saturated heterocycles. The van der Waals surface area contributed by atoms with Gasteiger partial charge in [0.15, 0.2) is 0 Å². The van der Waals surface area contributed by atoms with E-state index in [4.69, 9.17) is 5.73 Å². The van der Waals surface area contributed by atoms with Crippen molar-refractivity contribution in [2.75, 3.05) is 0 Å². The van der Waals surface area contributed by atoms with Crippen LogP contribution in [0.3, 0.4) is 0 Å². The minimum atomic E-state index is -0.566. The van der Waals surface area contributed by atoms with E-state index < -0.39 is 11.6 Å². The Hall–Kier alpha value is -1.45. The zero-order valence-electron chi connectivity index (χ0n) is 10.8. The third kappa shape index (κ3) is 3.31. The van der Waals surface area contributed by atoms with Crippen molar-refractivity contribution in [1.82, 2.24) is 0 Å². The molecule has 0 aliphatic rings. The van der Waals surface area contributed by atoms with Crippen LogP contribution >= 0.6 is 12.4 Å². The van der Waals surface area contributed by atoms with Crippen molar-refractivity contribution in [3.05, 3.63) is 58.7 Å². The molecular formula is C15H16ClF2N. The van der Waals surface area contributed by atoms with Crippen LogP contribution in [0.15, 0.2) is 30.3 Å². The Morgan fingerprint density at radius 3 is 1.68 bits per heavy atom. The van der Waals surface area contributed by atoms with E-state index in [2.05, 4.69) is 0 Å². The van der Waals surface area contributed by atoms with E-state index >= 15 is 0 Å². The molecule has 0 bridgehead atoms. The first-order chi connectivity index (χ1) is 8.51. The maximum Gasteiger partial charge on any atom is 0.126 e. The lowest BCUT2D eigenvalue weighted by Crippen LogP contribution is -2.02. The van der Waals surface area contributed by atoms with Crippen LogP contribution in [0.2, 0.25) is 0 Å². The van der Waals surface area contributed by atoms with Gasteiger partial charge in [-0.15, -0.1) is 12.4 Å². The van der Waals surface area contributed by atoms with Gasteiger partial charge in [0.1, 0.15) is 11.6 Å². The molecule has 2 aromatic carbocycles. The molecule has 0 aromatic heterocycles. The third-order valence-electron chi connectivity index (χ3n) is 3.10. The Labute approximate surface area is 117 Å². The molecule has 2 rings (SSSR count). The molecular weight excluding hydrogens is 268 g/mol. The summed E-state index contributed by atoms with van der Waals surface area (Å²) in [5, 5.41) is 0. The topological polar surface area (TPSA) is 26.0 Å². The molecule has 102 valence electrons. The average molecular weight is 284 g/mol. The molecule has 0 aliphatic heterocycles. The second-order valence-electron chi connectivity index (χ2n) is 4.45. The van der Waals surface area contributed by atoms with Crippen molar-refractivity contribution >= 4 is 12.4 Å². The molecule has 1 nitrogen and oxygen atoms in total. The molecule has 0 heterocycles. The van der Waals surface area contributed by atoms with Gasteiger partial charge in [0.05, 0.1) is 0 Å². The van der Waals surface area contributed by atoms with Crippen LogP contribution in [0.25, 0.3) is 11.1 Å². The number of halogens is 3. The van der Waals surface area contributed by atoms with Crippen molar-refractivity contribution in [2.24, 2.45) is 5.73 Å². The Kier molecular flexibility index (Phi) is 5.04. The first kappa shape index (κ1) is 15.6. The minimum Gasteiger partial charge on any atom is -0.326 e. The van der Waals surface area contributed by atoms with Gasteiger partial charge in [0, 0.05) is 12.6 Å². The van der Waals surface area contributed by atoms with Crippen molar-refractivity contribution in [3.63, 3.8) is 0 Å². The highest BCUT2D eigenvalue weighted by Crippen LogP contribution is 2.26. The van der Waals surface area contributed by atoms with Crippen molar-refractivity contribution in [3.8, 4) is 11.1 Å². The van der Waals surface area contributed by atoms with Crippen molar-refractivity contribution < 1.29 is 8.78 Å². The van der Waals surface area contributed by atoms with Gasteiger partial charge in [0.25, 0.3) is 0 Å². The SMILES string of the molecule is Cc1cc(-c2cc(F)cc(F)c2)cc(C)c1CN.Cl. The van der Waals surface area contributed by atoms with E-state index in [1.807, 2.05) is 26.0 Å². The van der Waals surface area contributed by atoms with E-state index in [9.17, 15) is 8.78 Å². The molecule has 0 aliphatic carbocycles. The van der Waals surface area contributed by atoms with Crippen LogP contribution < -0.4 is 5.73 Å². The second kappa shape index (κ2) is 6.13.